The number of carbonyl (C=O) groups is 2. The molecule has 0 atom stereocenters. The van der Waals surface area contributed by atoms with Crippen LogP contribution in [0.2, 0.25) is 0 Å². The molecule has 6 nitrogen and oxygen atoms in total. The minimum atomic E-state index is -0.408. The second-order valence-electron chi connectivity index (χ2n) is 8.92. The molecule has 0 bridgehead atoms. The number of rotatable bonds is 5. The van der Waals surface area contributed by atoms with Crippen LogP contribution in [0.25, 0.3) is 22.3 Å². The number of aryl methyl sites for hydroxylation is 3. The van der Waals surface area contributed by atoms with Crippen LogP contribution in [-0.2, 0) is 4.79 Å². The van der Waals surface area contributed by atoms with E-state index in [9.17, 15) is 14.4 Å². The van der Waals surface area contributed by atoms with E-state index in [2.05, 4.69) is 5.32 Å². The van der Waals surface area contributed by atoms with E-state index in [1.54, 1.807) is 32.2 Å². The molecule has 0 spiro atoms. The van der Waals surface area contributed by atoms with Gasteiger partial charge in [-0.25, -0.2) is 0 Å². The Kier molecular flexibility index (Phi) is 6.56. The maximum atomic E-state index is 13.4. The van der Waals surface area contributed by atoms with Gasteiger partial charge in [0.1, 0.15) is 5.76 Å². The number of anilines is 1. The number of likely N-dealkylation sites (N-methyl/N-ethyl adjacent to an activating group) is 1. The Morgan fingerprint density at radius 1 is 0.914 bits per heavy atom. The van der Waals surface area contributed by atoms with Gasteiger partial charge in [-0.1, -0.05) is 54.1 Å². The molecule has 6 heteroatoms. The largest absolute Gasteiger partial charge is 0.455 e. The van der Waals surface area contributed by atoms with E-state index in [4.69, 9.17) is 4.42 Å². The molecule has 2 amide bonds. The molecule has 3 aromatic carbocycles. The Labute approximate surface area is 204 Å². The molecule has 0 saturated carbocycles. The van der Waals surface area contributed by atoms with E-state index in [1.807, 2.05) is 63.2 Å². The van der Waals surface area contributed by atoms with Gasteiger partial charge in [-0.3, -0.25) is 14.4 Å². The number of fused-ring (bicyclic) bond motifs is 1. The summed E-state index contributed by atoms with van der Waals surface area (Å²) in [6.07, 6.45) is 0. The average molecular weight is 469 g/mol. The number of hydrogen-bond donors (Lipinski definition) is 1. The summed E-state index contributed by atoms with van der Waals surface area (Å²) in [6.45, 7) is 7.45. The highest BCUT2D eigenvalue weighted by molar-refractivity contribution is 6.06. The van der Waals surface area contributed by atoms with Crippen molar-refractivity contribution in [2.75, 3.05) is 18.9 Å². The number of benzene rings is 3. The fourth-order valence-corrected chi connectivity index (χ4v) is 4.39. The molecule has 0 aliphatic carbocycles. The summed E-state index contributed by atoms with van der Waals surface area (Å²) in [7, 11) is 1.56. The van der Waals surface area contributed by atoms with Gasteiger partial charge in [0, 0.05) is 23.9 Å². The lowest BCUT2D eigenvalue weighted by molar-refractivity contribution is -0.116. The van der Waals surface area contributed by atoms with Gasteiger partial charge in [-0.05, 0) is 51.0 Å². The van der Waals surface area contributed by atoms with Crippen molar-refractivity contribution in [3.05, 3.63) is 98.7 Å². The number of amides is 2. The fourth-order valence-electron chi connectivity index (χ4n) is 4.39. The summed E-state index contributed by atoms with van der Waals surface area (Å²) in [5, 5.41) is 3.25. The Morgan fingerprint density at radius 2 is 1.57 bits per heavy atom. The molecule has 1 aromatic heterocycles. The highest BCUT2D eigenvalue weighted by Gasteiger charge is 2.22. The van der Waals surface area contributed by atoms with Gasteiger partial charge in [0.25, 0.3) is 5.91 Å². The van der Waals surface area contributed by atoms with Crippen LogP contribution in [0, 0.1) is 27.7 Å². The zero-order valence-electron chi connectivity index (χ0n) is 20.6. The van der Waals surface area contributed by atoms with Gasteiger partial charge in [-0.2, -0.15) is 0 Å². The SMILES string of the molecule is Cc1cc(C)c(NC(=O)CN(C)C(=O)c2cccc3c(=O)c(C)c(-c4ccccc4)oc23)c(C)c1. The third-order valence-electron chi connectivity index (χ3n) is 6.08. The van der Waals surface area contributed by atoms with Crippen LogP contribution in [-0.4, -0.2) is 30.3 Å². The molecule has 1 N–H and O–H groups in total. The predicted octanol–water partition coefficient (Wildman–Crippen LogP) is 5.40. The van der Waals surface area contributed by atoms with E-state index >= 15 is 0 Å². The first-order valence-corrected chi connectivity index (χ1v) is 11.4. The number of carbonyl (C=O) groups excluding carboxylic acids is 2. The first-order valence-electron chi connectivity index (χ1n) is 11.4. The number of hydrogen-bond acceptors (Lipinski definition) is 4. The van der Waals surface area contributed by atoms with Crippen molar-refractivity contribution in [3.63, 3.8) is 0 Å². The smallest absolute Gasteiger partial charge is 0.257 e. The molecule has 178 valence electrons. The lowest BCUT2D eigenvalue weighted by atomic mass is 10.0. The van der Waals surface area contributed by atoms with Gasteiger partial charge in [-0.15, -0.1) is 0 Å². The Hall–Kier alpha value is -4.19. The number of nitrogens with zero attached hydrogens (tertiary/aromatic N) is 1. The van der Waals surface area contributed by atoms with Gasteiger partial charge in [0.05, 0.1) is 17.5 Å². The summed E-state index contributed by atoms with van der Waals surface area (Å²) < 4.78 is 6.16. The molecule has 0 fully saturated rings. The molecular weight excluding hydrogens is 440 g/mol. The lowest BCUT2D eigenvalue weighted by Gasteiger charge is -2.19. The van der Waals surface area contributed by atoms with Crippen molar-refractivity contribution >= 4 is 28.5 Å². The van der Waals surface area contributed by atoms with Gasteiger partial charge < -0.3 is 14.6 Å². The van der Waals surface area contributed by atoms with Crippen molar-refractivity contribution in [1.29, 1.82) is 0 Å². The van der Waals surface area contributed by atoms with Gasteiger partial charge in [0.2, 0.25) is 5.91 Å². The normalized spacial score (nSPS) is 10.9. The topological polar surface area (TPSA) is 79.6 Å². The molecule has 0 aliphatic rings. The quantitative estimate of drug-likeness (QED) is 0.425. The molecule has 0 radical (unpaired) electrons. The second kappa shape index (κ2) is 9.58. The molecule has 0 aliphatic heterocycles. The third-order valence-corrected chi connectivity index (χ3v) is 6.08. The van der Waals surface area contributed by atoms with Crippen LogP contribution in [0.15, 0.2) is 69.9 Å². The summed E-state index contributed by atoms with van der Waals surface area (Å²) in [5.74, 6) is -0.290. The van der Waals surface area contributed by atoms with E-state index in [0.717, 1.165) is 27.9 Å². The van der Waals surface area contributed by atoms with E-state index < -0.39 is 5.91 Å². The van der Waals surface area contributed by atoms with Gasteiger partial charge >= 0.3 is 0 Å². The van der Waals surface area contributed by atoms with Crippen molar-refractivity contribution < 1.29 is 14.0 Å². The predicted molar refractivity (Wildman–Crippen MR) is 139 cm³/mol. The van der Waals surface area contributed by atoms with E-state index in [1.165, 1.54) is 4.90 Å². The van der Waals surface area contributed by atoms with Crippen LogP contribution in [0.5, 0.6) is 0 Å². The Balaban J connectivity index is 1.65. The minimum Gasteiger partial charge on any atom is -0.455 e. The highest BCUT2D eigenvalue weighted by Crippen LogP contribution is 2.28. The Morgan fingerprint density at radius 3 is 2.23 bits per heavy atom. The highest BCUT2D eigenvalue weighted by atomic mass is 16.3. The zero-order chi connectivity index (χ0) is 25.3. The van der Waals surface area contributed by atoms with E-state index in [-0.39, 0.29) is 29.0 Å². The number of para-hydroxylation sites is 1. The van der Waals surface area contributed by atoms with Crippen LogP contribution in [0.1, 0.15) is 32.6 Å². The summed E-state index contributed by atoms with van der Waals surface area (Å²) in [6, 6.07) is 18.2. The number of nitrogens with one attached hydrogen (secondary N) is 1. The average Bonchev–Trinajstić information content (AvgIpc) is 2.83. The maximum absolute atomic E-state index is 13.4. The van der Waals surface area contributed by atoms with Crippen molar-refractivity contribution in [3.8, 4) is 11.3 Å². The van der Waals surface area contributed by atoms with Crippen LogP contribution >= 0.6 is 0 Å². The molecule has 4 rings (SSSR count). The first-order chi connectivity index (χ1) is 16.7. The summed E-state index contributed by atoms with van der Waals surface area (Å²) >= 11 is 0. The lowest BCUT2D eigenvalue weighted by Crippen LogP contribution is -2.35. The second-order valence-corrected chi connectivity index (χ2v) is 8.92. The van der Waals surface area contributed by atoms with Crippen molar-refractivity contribution in [2.24, 2.45) is 0 Å². The zero-order valence-corrected chi connectivity index (χ0v) is 20.6. The molecule has 1 heterocycles. The third kappa shape index (κ3) is 4.73. The van der Waals surface area contributed by atoms with E-state index in [0.29, 0.717) is 16.7 Å². The van der Waals surface area contributed by atoms with Crippen LogP contribution in [0.3, 0.4) is 0 Å². The molecule has 0 unspecified atom stereocenters. The molecule has 35 heavy (non-hydrogen) atoms. The van der Waals surface area contributed by atoms with Crippen LogP contribution in [0.4, 0.5) is 5.69 Å². The Bertz CT molecular complexity index is 1480. The van der Waals surface area contributed by atoms with Crippen molar-refractivity contribution in [1.82, 2.24) is 4.90 Å². The summed E-state index contributed by atoms with van der Waals surface area (Å²) in [5.41, 5.74) is 5.28. The van der Waals surface area contributed by atoms with Crippen molar-refractivity contribution in [2.45, 2.75) is 27.7 Å². The van der Waals surface area contributed by atoms with Crippen LogP contribution < -0.4 is 10.7 Å². The standard InChI is InChI=1S/C29H28N2O4/c1-17-14-18(2)25(19(3)15-17)30-24(32)16-31(5)29(34)23-13-9-12-22-26(33)20(4)27(35-28(22)23)21-10-7-6-8-11-21/h6-15H,16H2,1-5H3,(H,30,32). The fraction of sp³-hybridized carbons (Fsp3) is 0.207. The minimum absolute atomic E-state index is 0.149. The first kappa shape index (κ1) is 24.0. The monoisotopic (exact) mass is 468 g/mol. The summed E-state index contributed by atoms with van der Waals surface area (Å²) in [4.78, 5) is 40.5. The molecular formula is C29H28N2O4. The maximum Gasteiger partial charge on any atom is 0.257 e. The molecule has 4 aromatic rings. The van der Waals surface area contributed by atoms with Gasteiger partial charge in [0.15, 0.2) is 11.0 Å². The molecule has 0 saturated heterocycles.